The monoisotopic (exact) mass is 559 g/mol. The molecule has 0 aliphatic heterocycles. The van der Waals surface area contributed by atoms with Gasteiger partial charge >= 0.3 is 6.09 Å². The van der Waals surface area contributed by atoms with Crippen LogP contribution in [0.25, 0.3) is 0 Å². The first-order valence-electron chi connectivity index (χ1n) is 12.5. The van der Waals surface area contributed by atoms with Gasteiger partial charge in [-0.15, -0.1) is 0 Å². The van der Waals surface area contributed by atoms with Gasteiger partial charge in [-0.1, -0.05) is 44.2 Å². The number of carbonyl (C=O) groups is 1. The molecular formula is C28H37N3O7S. The fraction of sp³-hybridized carbons (Fsp3) is 0.393. The number of sulfonamides is 1. The molecular weight excluding hydrogens is 522 g/mol. The van der Waals surface area contributed by atoms with Gasteiger partial charge in [0.15, 0.2) is 5.75 Å². The molecule has 5 N–H and O–H groups in total. The number of aliphatic hydroxyl groups excluding tert-OH is 1. The van der Waals surface area contributed by atoms with Crippen LogP contribution in [0, 0.1) is 5.41 Å². The van der Waals surface area contributed by atoms with Gasteiger partial charge in [-0.25, -0.2) is 13.2 Å². The fourth-order valence-electron chi connectivity index (χ4n) is 4.34. The highest BCUT2D eigenvalue weighted by atomic mass is 32.2. The zero-order valence-electron chi connectivity index (χ0n) is 22.6. The zero-order valence-corrected chi connectivity index (χ0v) is 23.5. The molecule has 0 spiro atoms. The second kappa shape index (κ2) is 12.6. The van der Waals surface area contributed by atoms with Gasteiger partial charge in [-0.05, 0) is 61.1 Å². The SMILES string of the molecule is COc1ccc(S(=O)(=O)N[C@](Cc2ccccc2)(NC(=O)Oc2ccoc2)[C@@H](C)O)cc1CC(C)(C)CCN. The van der Waals surface area contributed by atoms with E-state index in [2.05, 4.69) is 10.0 Å². The van der Waals surface area contributed by atoms with Crippen molar-refractivity contribution in [1.29, 1.82) is 0 Å². The molecule has 0 bridgehead atoms. The van der Waals surface area contributed by atoms with E-state index in [4.69, 9.17) is 19.6 Å². The molecule has 2 aromatic carbocycles. The Bertz CT molecular complexity index is 1330. The Labute approximate surface area is 229 Å². The summed E-state index contributed by atoms with van der Waals surface area (Å²) in [5, 5.41) is 13.5. The Balaban J connectivity index is 2.01. The molecule has 10 nitrogen and oxygen atoms in total. The summed E-state index contributed by atoms with van der Waals surface area (Å²) in [6, 6.07) is 14.9. The lowest BCUT2D eigenvalue weighted by Gasteiger charge is -2.37. The molecule has 0 saturated heterocycles. The molecule has 3 rings (SSSR count). The number of carbonyl (C=O) groups excluding carboxylic acids is 1. The number of ether oxygens (including phenoxy) is 2. The fourth-order valence-corrected chi connectivity index (χ4v) is 5.78. The minimum Gasteiger partial charge on any atom is -0.496 e. The van der Waals surface area contributed by atoms with Crippen LogP contribution in [0.1, 0.15) is 38.3 Å². The van der Waals surface area contributed by atoms with E-state index in [-0.39, 0.29) is 22.5 Å². The van der Waals surface area contributed by atoms with Gasteiger partial charge in [0.05, 0.1) is 24.4 Å². The summed E-state index contributed by atoms with van der Waals surface area (Å²) in [5.74, 6) is 0.668. The first-order chi connectivity index (χ1) is 18.4. The lowest BCUT2D eigenvalue weighted by atomic mass is 9.82. The molecule has 0 fully saturated rings. The van der Waals surface area contributed by atoms with Crippen molar-refractivity contribution in [2.75, 3.05) is 13.7 Å². The van der Waals surface area contributed by atoms with Crippen molar-refractivity contribution in [3.63, 3.8) is 0 Å². The number of amides is 1. The van der Waals surface area contributed by atoms with E-state index in [0.717, 1.165) is 6.42 Å². The normalized spacial score (nSPS) is 14.3. The van der Waals surface area contributed by atoms with Crippen LogP contribution in [0.2, 0.25) is 0 Å². The number of aliphatic hydroxyl groups is 1. The molecule has 1 aromatic heterocycles. The Hall–Kier alpha value is -3.38. The zero-order chi connectivity index (χ0) is 28.7. The van der Waals surface area contributed by atoms with E-state index < -0.39 is 27.9 Å². The molecule has 2 atom stereocenters. The second-order valence-corrected chi connectivity index (χ2v) is 11.9. The largest absolute Gasteiger partial charge is 0.496 e. The summed E-state index contributed by atoms with van der Waals surface area (Å²) >= 11 is 0. The van der Waals surface area contributed by atoms with E-state index in [9.17, 15) is 18.3 Å². The van der Waals surface area contributed by atoms with Crippen molar-refractivity contribution in [1.82, 2.24) is 10.0 Å². The van der Waals surface area contributed by atoms with Crippen LogP contribution < -0.4 is 25.2 Å². The summed E-state index contributed by atoms with van der Waals surface area (Å²) in [7, 11) is -2.76. The highest BCUT2D eigenvalue weighted by Crippen LogP contribution is 2.32. The summed E-state index contributed by atoms with van der Waals surface area (Å²) in [4.78, 5) is 12.8. The van der Waals surface area contributed by atoms with Crippen LogP contribution in [0.5, 0.6) is 11.5 Å². The van der Waals surface area contributed by atoms with Gasteiger partial charge in [0.2, 0.25) is 10.0 Å². The van der Waals surface area contributed by atoms with Crippen LogP contribution >= 0.6 is 0 Å². The van der Waals surface area contributed by atoms with Crippen molar-refractivity contribution < 1.29 is 32.2 Å². The first-order valence-corrected chi connectivity index (χ1v) is 14.0. The first kappa shape index (κ1) is 30.2. The van der Waals surface area contributed by atoms with Gasteiger partial charge in [-0.2, -0.15) is 4.72 Å². The lowest BCUT2D eigenvalue weighted by molar-refractivity contribution is 0.0650. The van der Waals surface area contributed by atoms with E-state index >= 15 is 0 Å². The smallest absolute Gasteiger partial charge is 0.414 e. The number of nitrogens with one attached hydrogen (secondary N) is 2. The number of hydrogen-bond acceptors (Lipinski definition) is 8. The molecule has 0 radical (unpaired) electrons. The second-order valence-electron chi connectivity index (χ2n) is 10.2. The Morgan fingerprint density at radius 2 is 1.85 bits per heavy atom. The molecule has 0 aliphatic carbocycles. The third-order valence-corrected chi connectivity index (χ3v) is 7.95. The molecule has 0 saturated carbocycles. The van der Waals surface area contributed by atoms with Crippen LogP contribution in [0.15, 0.2) is 76.4 Å². The molecule has 0 aliphatic rings. The predicted molar refractivity (Wildman–Crippen MR) is 147 cm³/mol. The third kappa shape index (κ3) is 8.06. The van der Waals surface area contributed by atoms with Crippen LogP contribution in [-0.4, -0.2) is 45.0 Å². The maximum atomic E-state index is 13.8. The van der Waals surface area contributed by atoms with Gasteiger partial charge in [0, 0.05) is 12.5 Å². The van der Waals surface area contributed by atoms with Gasteiger partial charge in [0.25, 0.3) is 0 Å². The average molecular weight is 560 g/mol. The molecule has 1 heterocycles. The highest BCUT2D eigenvalue weighted by molar-refractivity contribution is 7.89. The molecule has 3 aromatic rings. The highest BCUT2D eigenvalue weighted by Gasteiger charge is 2.42. The van der Waals surface area contributed by atoms with Crippen molar-refractivity contribution in [3.8, 4) is 11.5 Å². The van der Waals surface area contributed by atoms with Gasteiger partial charge in [0.1, 0.15) is 17.7 Å². The summed E-state index contributed by atoms with van der Waals surface area (Å²) in [6.45, 7) is 5.98. The lowest BCUT2D eigenvalue weighted by Crippen LogP contribution is -2.68. The number of furan rings is 1. The van der Waals surface area contributed by atoms with Crippen molar-refractivity contribution in [2.24, 2.45) is 11.1 Å². The summed E-state index contributed by atoms with van der Waals surface area (Å²) < 4.78 is 45.8. The number of benzene rings is 2. The number of hydrogen-bond donors (Lipinski definition) is 4. The van der Waals surface area contributed by atoms with Crippen LogP contribution in [0.4, 0.5) is 4.79 Å². The quantitative estimate of drug-likeness (QED) is 0.232. The van der Waals surface area contributed by atoms with E-state index in [1.54, 1.807) is 36.4 Å². The number of methoxy groups -OCH3 is 1. The topological polar surface area (TPSA) is 153 Å². The maximum absolute atomic E-state index is 13.8. The standard InChI is InChI=1S/C28H37N3O7S/c1-20(32)28(17-21-8-6-5-7-9-21,30-26(33)38-23-12-15-37-19-23)31-39(34,35)24-10-11-25(36-4)22(16-24)18-27(2,3)13-14-29/h5-12,15-16,19-20,31-32H,13-14,17-18,29H2,1-4H3,(H,30,33)/t20-,28+/m1/s1. The van der Waals surface area contributed by atoms with E-state index in [1.165, 1.54) is 38.7 Å². The molecule has 1 amide bonds. The number of nitrogens with two attached hydrogens (primary N) is 1. The molecule has 11 heteroatoms. The molecule has 39 heavy (non-hydrogen) atoms. The molecule has 212 valence electrons. The van der Waals surface area contributed by atoms with Crippen LogP contribution in [-0.2, 0) is 22.9 Å². The Kier molecular flexibility index (Phi) is 9.78. The van der Waals surface area contributed by atoms with Gasteiger partial charge < -0.3 is 24.7 Å². The van der Waals surface area contributed by atoms with E-state index in [1.807, 2.05) is 19.9 Å². The average Bonchev–Trinajstić information content (AvgIpc) is 3.36. The van der Waals surface area contributed by atoms with Gasteiger partial charge in [-0.3, -0.25) is 5.32 Å². The predicted octanol–water partition coefficient (Wildman–Crippen LogP) is 3.59. The summed E-state index contributed by atoms with van der Waals surface area (Å²) in [6.07, 6.45) is 1.38. The third-order valence-electron chi connectivity index (χ3n) is 6.44. The minimum absolute atomic E-state index is 0.0510. The van der Waals surface area contributed by atoms with Crippen molar-refractivity contribution in [3.05, 3.63) is 78.3 Å². The summed E-state index contributed by atoms with van der Waals surface area (Å²) in [5.41, 5.74) is 5.07. The molecule has 0 unspecified atom stereocenters. The Morgan fingerprint density at radius 3 is 2.44 bits per heavy atom. The Morgan fingerprint density at radius 1 is 1.13 bits per heavy atom. The van der Waals surface area contributed by atoms with Crippen LogP contribution in [0.3, 0.4) is 0 Å². The van der Waals surface area contributed by atoms with E-state index in [0.29, 0.717) is 29.8 Å². The number of rotatable bonds is 13. The van der Waals surface area contributed by atoms with Crippen molar-refractivity contribution in [2.45, 2.75) is 56.7 Å². The van der Waals surface area contributed by atoms with Crippen molar-refractivity contribution >= 4 is 16.1 Å². The maximum Gasteiger partial charge on any atom is 0.414 e. The minimum atomic E-state index is -4.29.